The molecule has 0 saturated heterocycles. The average molecular weight is 163 g/mol. The van der Waals surface area contributed by atoms with Gasteiger partial charge in [-0.15, -0.1) is 0 Å². The molecule has 0 aromatic rings. The lowest BCUT2D eigenvalue weighted by atomic mass is 9.98. The van der Waals surface area contributed by atoms with Gasteiger partial charge in [0, 0.05) is 10.8 Å². The fourth-order valence-electron chi connectivity index (χ4n) is 3.55. The molecular formula is C8H9N3O. The summed E-state index contributed by atoms with van der Waals surface area (Å²) in [7, 11) is 0. The molecule has 4 rings (SSSR count). The maximum Gasteiger partial charge on any atom is 0.222 e. The number of amides is 1. The van der Waals surface area contributed by atoms with Crippen LogP contribution in [0.5, 0.6) is 0 Å². The van der Waals surface area contributed by atoms with Gasteiger partial charge in [0.05, 0.1) is 0 Å². The van der Waals surface area contributed by atoms with Crippen molar-refractivity contribution in [2.45, 2.75) is 12.8 Å². The highest BCUT2D eigenvalue weighted by Gasteiger charge is 2.69. The summed E-state index contributed by atoms with van der Waals surface area (Å²) in [4.78, 5) is 13.9. The van der Waals surface area contributed by atoms with Crippen molar-refractivity contribution >= 4 is 5.91 Å². The molecule has 4 heteroatoms. The van der Waals surface area contributed by atoms with Crippen LogP contribution in [0.3, 0.4) is 0 Å². The van der Waals surface area contributed by atoms with Gasteiger partial charge in [0.25, 0.3) is 0 Å². The molecule has 0 aromatic carbocycles. The van der Waals surface area contributed by atoms with E-state index in [-0.39, 0.29) is 11.8 Å². The van der Waals surface area contributed by atoms with E-state index in [0.717, 1.165) is 11.8 Å². The van der Waals surface area contributed by atoms with E-state index in [0.29, 0.717) is 11.8 Å². The van der Waals surface area contributed by atoms with Crippen LogP contribution in [-0.4, -0.2) is 5.91 Å². The van der Waals surface area contributed by atoms with Crippen molar-refractivity contribution < 1.29 is 4.79 Å². The molecule has 0 aromatic heterocycles. The van der Waals surface area contributed by atoms with Gasteiger partial charge in [0.1, 0.15) is 0 Å². The molecule has 4 aliphatic rings. The Bertz CT molecular complexity index is 293. The zero-order valence-corrected chi connectivity index (χ0v) is 6.55. The molecule has 3 atom stereocenters. The van der Waals surface area contributed by atoms with Crippen molar-refractivity contribution in [3.8, 4) is 0 Å². The summed E-state index contributed by atoms with van der Waals surface area (Å²) in [6.07, 6.45) is 2.43. The molecule has 4 bridgehead atoms. The fourth-order valence-corrected chi connectivity index (χ4v) is 3.55. The third-order valence-corrected chi connectivity index (χ3v) is 3.90. The normalized spacial score (nSPS) is 51.8. The van der Waals surface area contributed by atoms with E-state index >= 15 is 0 Å². The standard InChI is InChI=1S/C8H9N3O/c9-11-10-8(12)6-3-1-4-5(2-3)7(4)6/h3-7H,1-2H2. The largest absolute Gasteiger partial charge is 0.292 e. The zero-order chi connectivity index (χ0) is 8.29. The summed E-state index contributed by atoms with van der Waals surface area (Å²) in [6, 6.07) is 0. The fraction of sp³-hybridized carbons (Fsp3) is 0.875. The van der Waals surface area contributed by atoms with E-state index in [4.69, 9.17) is 5.53 Å². The minimum atomic E-state index is -0.199. The summed E-state index contributed by atoms with van der Waals surface area (Å²) in [5.41, 5.74) is 8.13. The van der Waals surface area contributed by atoms with Crippen LogP contribution < -0.4 is 0 Å². The molecule has 3 unspecified atom stereocenters. The molecule has 0 aliphatic heterocycles. The first-order valence-electron chi connectivity index (χ1n) is 4.42. The van der Waals surface area contributed by atoms with Crippen LogP contribution in [0.4, 0.5) is 0 Å². The molecule has 0 N–H and O–H groups in total. The molecule has 1 amide bonds. The number of rotatable bonds is 1. The highest BCUT2D eigenvalue weighted by atomic mass is 16.2. The van der Waals surface area contributed by atoms with E-state index in [2.05, 4.69) is 10.0 Å². The lowest BCUT2D eigenvalue weighted by Gasteiger charge is -2.08. The van der Waals surface area contributed by atoms with Crippen molar-refractivity contribution in [3.05, 3.63) is 10.4 Å². The number of nitrogens with zero attached hydrogens (tertiary/aromatic N) is 3. The third-order valence-electron chi connectivity index (χ3n) is 3.90. The van der Waals surface area contributed by atoms with Crippen LogP contribution in [0, 0.1) is 29.6 Å². The molecule has 4 aliphatic carbocycles. The Morgan fingerprint density at radius 2 is 2.08 bits per heavy atom. The first-order chi connectivity index (χ1) is 5.83. The highest BCUT2D eigenvalue weighted by Crippen LogP contribution is 2.73. The molecule has 0 spiro atoms. The lowest BCUT2D eigenvalue weighted by Crippen LogP contribution is -2.15. The maximum atomic E-state index is 11.3. The zero-order valence-electron chi connectivity index (χ0n) is 6.55. The minimum Gasteiger partial charge on any atom is -0.292 e. The lowest BCUT2D eigenvalue weighted by molar-refractivity contribution is -0.122. The summed E-state index contributed by atoms with van der Waals surface area (Å²) in [5, 5.41) is 3.20. The minimum absolute atomic E-state index is 0.107. The second-order valence-corrected chi connectivity index (χ2v) is 4.19. The Balaban J connectivity index is 1.87. The molecule has 0 heterocycles. The molecule has 4 fully saturated rings. The van der Waals surface area contributed by atoms with Crippen LogP contribution in [0.1, 0.15) is 12.8 Å². The van der Waals surface area contributed by atoms with Gasteiger partial charge in [0.15, 0.2) is 0 Å². The molecule has 12 heavy (non-hydrogen) atoms. The summed E-state index contributed by atoms with van der Waals surface area (Å²) in [6.45, 7) is 0. The molecule has 0 radical (unpaired) electrons. The van der Waals surface area contributed by atoms with E-state index < -0.39 is 0 Å². The van der Waals surface area contributed by atoms with Gasteiger partial charge in [-0.05, 0) is 47.2 Å². The Hall–Kier alpha value is -1.02. The van der Waals surface area contributed by atoms with Gasteiger partial charge in [-0.2, -0.15) is 0 Å². The number of carbonyl (C=O) groups excluding carboxylic acids is 1. The SMILES string of the molecule is [N-]=[N+]=NC(=O)C1C2CC3C(C2)C31. The number of hydrogen-bond acceptors (Lipinski definition) is 1. The third kappa shape index (κ3) is 0.559. The van der Waals surface area contributed by atoms with Gasteiger partial charge < -0.3 is 0 Å². The van der Waals surface area contributed by atoms with Gasteiger partial charge >= 0.3 is 0 Å². The van der Waals surface area contributed by atoms with E-state index in [1.165, 1.54) is 12.8 Å². The second-order valence-electron chi connectivity index (χ2n) is 4.19. The monoisotopic (exact) mass is 163 g/mol. The van der Waals surface area contributed by atoms with Crippen LogP contribution in [-0.2, 0) is 4.79 Å². The summed E-state index contributed by atoms with van der Waals surface area (Å²) in [5.74, 6) is 2.71. The maximum absolute atomic E-state index is 11.3. The van der Waals surface area contributed by atoms with E-state index in [1.807, 2.05) is 0 Å². The highest BCUT2D eigenvalue weighted by molar-refractivity contribution is 5.81. The number of carbonyl (C=O) groups is 1. The molecule has 4 saturated carbocycles. The smallest absolute Gasteiger partial charge is 0.222 e. The van der Waals surface area contributed by atoms with Crippen molar-refractivity contribution in [2.75, 3.05) is 0 Å². The van der Waals surface area contributed by atoms with Crippen LogP contribution in [0.2, 0.25) is 0 Å². The van der Waals surface area contributed by atoms with Gasteiger partial charge in [0.2, 0.25) is 5.91 Å². The Labute approximate surface area is 69.6 Å². The Morgan fingerprint density at radius 1 is 1.42 bits per heavy atom. The van der Waals surface area contributed by atoms with Crippen molar-refractivity contribution in [1.82, 2.24) is 0 Å². The topological polar surface area (TPSA) is 65.8 Å². The summed E-state index contributed by atoms with van der Waals surface area (Å²) >= 11 is 0. The quantitative estimate of drug-likeness (QED) is 0.329. The van der Waals surface area contributed by atoms with Gasteiger partial charge in [-0.3, -0.25) is 4.79 Å². The molecule has 4 nitrogen and oxygen atoms in total. The Kier molecular flexibility index (Phi) is 0.989. The second kappa shape index (κ2) is 1.83. The van der Waals surface area contributed by atoms with Crippen LogP contribution >= 0.6 is 0 Å². The molecular weight excluding hydrogens is 154 g/mol. The summed E-state index contributed by atoms with van der Waals surface area (Å²) < 4.78 is 0. The number of azide groups is 1. The first kappa shape index (κ1) is 6.49. The predicted molar refractivity (Wildman–Crippen MR) is 40.8 cm³/mol. The first-order valence-corrected chi connectivity index (χ1v) is 4.42. The van der Waals surface area contributed by atoms with Crippen molar-refractivity contribution in [1.29, 1.82) is 0 Å². The van der Waals surface area contributed by atoms with Crippen LogP contribution in [0.25, 0.3) is 10.4 Å². The van der Waals surface area contributed by atoms with Crippen molar-refractivity contribution in [2.24, 2.45) is 34.7 Å². The van der Waals surface area contributed by atoms with E-state index in [1.54, 1.807) is 0 Å². The average Bonchev–Trinajstić information content (AvgIpc) is 2.53. The van der Waals surface area contributed by atoms with Crippen molar-refractivity contribution in [3.63, 3.8) is 0 Å². The van der Waals surface area contributed by atoms with Gasteiger partial charge in [-0.1, -0.05) is 0 Å². The Morgan fingerprint density at radius 3 is 2.50 bits per heavy atom. The van der Waals surface area contributed by atoms with E-state index in [9.17, 15) is 4.79 Å². The number of hydrogen-bond donors (Lipinski definition) is 0. The van der Waals surface area contributed by atoms with Gasteiger partial charge in [-0.25, -0.2) is 0 Å². The van der Waals surface area contributed by atoms with Crippen LogP contribution in [0.15, 0.2) is 5.11 Å². The molecule has 62 valence electrons. The predicted octanol–water partition coefficient (Wildman–Crippen LogP) is 1.73.